The van der Waals surface area contributed by atoms with Gasteiger partial charge >= 0.3 is 0 Å². The zero-order valence-electron chi connectivity index (χ0n) is 10.8. The summed E-state index contributed by atoms with van der Waals surface area (Å²) in [5.41, 5.74) is 2.66. The van der Waals surface area contributed by atoms with Gasteiger partial charge in [0.05, 0.1) is 4.34 Å². The summed E-state index contributed by atoms with van der Waals surface area (Å²) >= 11 is 16.3. The van der Waals surface area contributed by atoms with Gasteiger partial charge < -0.3 is 0 Å². The number of halogens is 2. The van der Waals surface area contributed by atoms with Crippen LogP contribution in [0, 0.1) is 6.92 Å². The Balaban J connectivity index is 1.89. The molecule has 1 unspecified atom stereocenters. The number of rotatable bonds is 2. The first kappa shape index (κ1) is 13.9. The molecule has 4 heteroatoms. The monoisotopic (exact) mass is 330 g/mol. The van der Waals surface area contributed by atoms with Crippen LogP contribution >= 0.6 is 45.9 Å². The summed E-state index contributed by atoms with van der Waals surface area (Å²) in [5, 5.41) is -0.0341. The largest absolute Gasteiger partial charge is 0.143 e. The van der Waals surface area contributed by atoms with Crippen LogP contribution in [0.3, 0.4) is 0 Å². The molecular formula is C15H16Cl2S2. The third-order valence-corrected chi connectivity index (χ3v) is 7.29. The second-order valence-electron chi connectivity index (χ2n) is 5.13. The van der Waals surface area contributed by atoms with E-state index in [1.807, 2.05) is 18.3 Å². The third kappa shape index (κ3) is 2.87. The minimum absolute atomic E-state index is 0.0341. The number of fused-ring (bicyclic) bond motifs is 1. The fourth-order valence-electron chi connectivity index (χ4n) is 2.56. The van der Waals surface area contributed by atoms with Crippen molar-refractivity contribution in [3.05, 3.63) is 42.2 Å². The van der Waals surface area contributed by atoms with Gasteiger partial charge in [0.15, 0.2) is 0 Å². The highest BCUT2D eigenvalue weighted by molar-refractivity contribution is 7.17. The average molecular weight is 331 g/mol. The third-order valence-electron chi connectivity index (χ3n) is 3.64. The fraction of sp³-hybridized carbons (Fsp3) is 0.467. The smallest absolute Gasteiger partial charge is 0.102 e. The fourth-order valence-corrected chi connectivity index (χ4v) is 5.50. The van der Waals surface area contributed by atoms with Crippen molar-refractivity contribution in [3.8, 4) is 0 Å². The van der Waals surface area contributed by atoms with Gasteiger partial charge in [0.2, 0.25) is 0 Å². The number of aryl methyl sites for hydroxylation is 3. The molecule has 3 rings (SSSR count). The molecule has 19 heavy (non-hydrogen) atoms. The molecule has 0 nitrogen and oxygen atoms in total. The molecule has 0 aliphatic heterocycles. The number of thiophene rings is 2. The normalized spacial score (nSPS) is 17.0. The maximum atomic E-state index is 6.64. The molecule has 102 valence electrons. The van der Waals surface area contributed by atoms with Crippen molar-refractivity contribution in [2.24, 2.45) is 0 Å². The summed E-state index contributed by atoms with van der Waals surface area (Å²) < 4.78 is 0.860. The first-order chi connectivity index (χ1) is 9.15. The van der Waals surface area contributed by atoms with E-state index in [1.54, 1.807) is 16.2 Å². The Morgan fingerprint density at radius 3 is 2.53 bits per heavy atom. The molecule has 2 aromatic rings. The van der Waals surface area contributed by atoms with E-state index in [9.17, 15) is 0 Å². The molecule has 1 atom stereocenters. The number of hydrogen-bond acceptors (Lipinski definition) is 2. The van der Waals surface area contributed by atoms with Gasteiger partial charge in [-0.25, -0.2) is 0 Å². The SMILES string of the molecule is Cc1cc(C(Cl)c2cc3c(s2)CCCCC3)sc1Cl. The van der Waals surface area contributed by atoms with Crippen molar-refractivity contribution in [1.29, 1.82) is 0 Å². The summed E-state index contributed by atoms with van der Waals surface area (Å²) in [6.07, 6.45) is 6.46. The lowest BCUT2D eigenvalue weighted by molar-refractivity contribution is 0.712. The molecule has 2 heterocycles. The van der Waals surface area contributed by atoms with Crippen LogP contribution in [-0.4, -0.2) is 0 Å². The number of alkyl halides is 1. The quantitative estimate of drug-likeness (QED) is 0.443. The predicted octanol–water partition coefficient (Wildman–Crippen LogP) is 6.37. The molecule has 0 bridgehead atoms. The van der Waals surface area contributed by atoms with Crippen molar-refractivity contribution in [1.82, 2.24) is 0 Å². The highest BCUT2D eigenvalue weighted by Gasteiger charge is 2.20. The zero-order valence-corrected chi connectivity index (χ0v) is 14.0. The Morgan fingerprint density at radius 2 is 1.79 bits per heavy atom. The van der Waals surface area contributed by atoms with Crippen molar-refractivity contribution in [2.45, 2.75) is 44.4 Å². The van der Waals surface area contributed by atoms with Crippen molar-refractivity contribution in [3.63, 3.8) is 0 Å². The van der Waals surface area contributed by atoms with Crippen LogP contribution in [0.5, 0.6) is 0 Å². The average Bonchev–Trinajstić information content (AvgIpc) is 2.87. The van der Waals surface area contributed by atoms with Gasteiger partial charge in [-0.15, -0.1) is 34.3 Å². The highest BCUT2D eigenvalue weighted by atomic mass is 35.5. The maximum Gasteiger partial charge on any atom is 0.102 e. The first-order valence-electron chi connectivity index (χ1n) is 6.66. The molecule has 0 N–H and O–H groups in total. The van der Waals surface area contributed by atoms with Gasteiger partial charge in [-0.2, -0.15) is 0 Å². The minimum atomic E-state index is -0.0341. The summed E-state index contributed by atoms with van der Waals surface area (Å²) in [6, 6.07) is 4.45. The molecule has 0 radical (unpaired) electrons. The van der Waals surface area contributed by atoms with Crippen LogP contribution in [0.2, 0.25) is 4.34 Å². The lowest BCUT2D eigenvalue weighted by Gasteiger charge is -2.03. The molecule has 1 aliphatic rings. The zero-order chi connectivity index (χ0) is 13.4. The van der Waals surface area contributed by atoms with Gasteiger partial charge in [0, 0.05) is 14.6 Å². The predicted molar refractivity (Wildman–Crippen MR) is 87.3 cm³/mol. The lowest BCUT2D eigenvalue weighted by Crippen LogP contribution is -1.86. The molecule has 0 spiro atoms. The van der Waals surface area contributed by atoms with Crippen LogP contribution in [0.15, 0.2) is 12.1 Å². The first-order valence-corrected chi connectivity index (χ1v) is 9.11. The van der Waals surface area contributed by atoms with E-state index in [4.69, 9.17) is 23.2 Å². The second kappa shape index (κ2) is 5.77. The van der Waals surface area contributed by atoms with Crippen molar-refractivity contribution in [2.75, 3.05) is 0 Å². The molecular weight excluding hydrogens is 315 g/mol. The standard InChI is InChI=1S/C15H16Cl2S2/c1-9-7-12(19-15(9)17)14(16)13-8-10-5-3-2-4-6-11(10)18-13/h7-8,14H,2-6H2,1H3. The summed E-state index contributed by atoms with van der Waals surface area (Å²) in [7, 11) is 0. The molecule has 2 aromatic heterocycles. The van der Waals surface area contributed by atoms with Gasteiger partial charge in [-0.05, 0) is 55.9 Å². The van der Waals surface area contributed by atoms with Gasteiger partial charge in [0.25, 0.3) is 0 Å². The van der Waals surface area contributed by atoms with E-state index >= 15 is 0 Å². The summed E-state index contributed by atoms with van der Waals surface area (Å²) in [4.78, 5) is 4.00. The van der Waals surface area contributed by atoms with E-state index in [1.165, 1.54) is 47.4 Å². The van der Waals surface area contributed by atoms with E-state index in [-0.39, 0.29) is 5.38 Å². The van der Waals surface area contributed by atoms with Gasteiger partial charge in [-0.3, -0.25) is 0 Å². The highest BCUT2D eigenvalue weighted by Crippen LogP contribution is 2.42. The van der Waals surface area contributed by atoms with Crippen LogP contribution in [-0.2, 0) is 12.8 Å². The van der Waals surface area contributed by atoms with E-state index in [2.05, 4.69) is 12.1 Å². The van der Waals surface area contributed by atoms with Crippen LogP contribution in [0.1, 0.15) is 50.4 Å². The molecule has 0 amide bonds. The van der Waals surface area contributed by atoms with E-state index in [0.717, 1.165) is 9.90 Å². The maximum absolute atomic E-state index is 6.64. The molecule has 0 aromatic carbocycles. The Labute approximate surface area is 132 Å². The Kier molecular flexibility index (Phi) is 4.23. The Hall–Kier alpha value is -0.0200. The summed E-state index contributed by atoms with van der Waals surface area (Å²) in [6.45, 7) is 2.04. The molecule has 1 aliphatic carbocycles. The van der Waals surface area contributed by atoms with Crippen molar-refractivity contribution < 1.29 is 0 Å². The topological polar surface area (TPSA) is 0 Å². The minimum Gasteiger partial charge on any atom is -0.143 e. The number of hydrogen-bond donors (Lipinski definition) is 0. The second-order valence-corrected chi connectivity index (χ2v) is 8.42. The molecule has 0 saturated carbocycles. The van der Waals surface area contributed by atoms with Crippen LogP contribution in [0.4, 0.5) is 0 Å². The van der Waals surface area contributed by atoms with E-state index < -0.39 is 0 Å². The van der Waals surface area contributed by atoms with Crippen molar-refractivity contribution >= 4 is 45.9 Å². The Bertz CT molecular complexity index is 540. The van der Waals surface area contributed by atoms with E-state index in [0.29, 0.717) is 0 Å². The van der Waals surface area contributed by atoms with Gasteiger partial charge in [-0.1, -0.05) is 18.0 Å². The van der Waals surface area contributed by atoms with Gasteiger partial charge in [0.1, 0.15) is 5.38 Å². The molecule has 0 fully saturated rings. The van der Waals surface area contributed by atoms with Crippen LogP contribution < -0.4 is 0 Å². The molecule has 0 saturated heterocycles. The lowest BCUT2D eigenvalue weighted by atomic mass is 10.1. The van der Waals surface area contributed by atoms with Crippen LogP contribution in [0.25, 0.3) is 0 Å². The summed E-state index contributed by atoms with van der Waals surface area (Å²) in [5.74, 6) is 0. The Morgan fingerprint density at radius 1 is 1.05 bits per heavy atom.